The number of amides is 1. The van der Waals surface area contributed by atoms with Crippen molar-refractivity contribution < 1.29 is 13.9 Å². The number of carbonyl (C=O) groups excluding carboxylic acids is 1. The zero-order valence-electron chi connectivity index (χ0n) is 12.6. The number of anilines is 1. The Bertz CT molecular complexity index is 689. The van der Waals surface area contributed by atoms with E-state index >= 15 is 0 Å². The fourth-order valence-electron chi connectivity index (χ4n) is 1.83. The third kappa shape index (κ3) is 5.34. The minimum absolute atomic E-state index is 0.104. The number of carbonyl (C=O) groups is 1. The first kappa shape index (κ1) is 16.9. The second-order valence-electron chi connectivity index (χ2n) is 4.79. The van der Waals surface area contributed by atoms with Crippen LogP contribution in [-0.4, -0.2) is 17.6 Å². The van der Waals surface area contributed by atoms with E-state index in [0.29, 0.717) is 23.6 Å². The van der Waals surface area contributed by atoms with Gasteiger partial charge in [0, 0.05) is 11.3 Å². The molecule has 0 unspecified atom stereocenters. The highest BCUT2D eigenvalue weighted by molar-refractivity contribution is 7.80. The number of rotatable bonds is 5. The number of nitrogens with one attached hydrogen (secondary N) is 2. The third-order valence-corrected chi connectivity index (χ3v) is 3.10. The molecule has 0 atom stereocenters. The van der Waals surface area contributed by atoms with Gasteiger partial charge in [0.05, 0.1) is 6.61 Å². The van der Waals surface area contributed by atoms with Crippen LogP contribution in [0.25, 0.3) is 0 Å². The van der Waals surface area contributed by atoms with Crippen molar-refractivity contribution in [1.29, 1.82) is 0 Å². The number of benzene rings is 2. The summed E-state index contributed by atoms with van der Waals surface area (Å²) in [5, 5.41) is 5.41. The van der Waals surface area contributed by atoms with Crippen LogP contribution in [0.2, 0.25) is 0 Å². The van der Waals surface area contributed by atoms with Gasteiger partial charge in [-0.1, -0.05) is 13.0 Å². The van der Waals surface area contributed by atoms with Crippen LogP contribution in [0.4, 0.5) is 10.1 Å². The fourth-order valence-corrected chi connectivity index (χ4v) is 2.04. The molecule has 0 aromatic heterocycles. The lowest BCUT2D eigenvalue weighted by molar-refractivity contribution is 0.0977. The van der Waals surface area contributed by atoms with Crippen LogP contribution in [0.5, 0.6) is 5.75 Å². The zero-order chi connectivity index (χ0) is 16.7. The first-order chi connectivity index (χ1) is 11.1. The van der Waals surface area contributed by atoms with Gasteiger partial charge in [-0.2, -0.15) is 0 Å². The van der Waals surface area contributed by atoms with Crippen molar-refractivity contribution in [2.75, 3.05) is 11.9 Å². The van der Waals surface area contributed by atoms with Gasteiger partial charge in [0.25, 0.3) is 5.91 Å². The highest BCUT2D eigenvalue weighted by Gasteiger charge is 2.08. The maximum Gasteiger partial charge on any atom is 0.257 e. The predicted molar refractivity (Wildman–Crippen MR) is 92.3 cm³/mol. The molecular formula is C17H17FN2O2S. The quantitative estimate of drug-likeness (QED) is 0.819. The Morgan fingerprint density at radius 2 is 1.96 bits per heavy atom. The SMILES string of the molecule is CCCOc1ccc(C(=O)NC(=S)Nc2cccc(F)c2)cc1. The predicted octanol–water partition coefficient (Wildman–Crippen LogP) is 3.74. The molecule has 0 bridgehead atoms. The van der Waals surface area contributed by atoms with Crippen molar-refractivity contribution in [3.05, 3.63) is 59.9 Å². The Labute approximate surface area is 139 Å². The van der Waals surface area contributed by atoms with E-state index in [4.69, 9.17) is 17.0 Å². The number of hydrogen-bond donors (Lipinski definition) is 2. The second-order valence-corrected chi connectivity index (χ2v) is 5.20. The van der Waals surface area contributed by atoms with Crippen molar-refractivity contribution >= 4 is 28.9 Å². The molecule has 0 aliphatic carbocycles. The van der Waals surface area contributed by atoms with E-state index in [2.05, 4.69) is 10.6 Å². The minimum atomic E-state index is -0.383. The molecule has 2 N–H and O–H groups in total. The summed E-state index contributed by atoms with van der Waals surface area (Å²) in [6.45, 7) is 2.65. The van der Waals surface area contributed by atoms with Crippen LogP contribution in [0.15, 0.2) is 48.5 Å². The molecule has 4 nitrogen and oxygen atoms in total. The molecule has 0 fully saturated rings. The molecule has 0 aliphatic heterocycles. The van der Waals surface area contributed by atoms with Gasteiger partial charge in [0.1, 0.15) is 11.6 Å². The molecule has 2 aromatic carbocycles. The number of hydrogen-bond acceptors (Lipinski definition) is 3. The summed E-state index contributed by atoms with van der Waals surface area (Å²) in [7, 11) is 0. The van der Waals surface area contributed by atoms with Crippen molar-refractivity contribution in [3.8, 4) is 5.75 Å². The normalized spacial score (nSPS) is 10.0. The number of halogens is 1. The first-order valence-electron chi connectivity index (χ1n) is 7.19. The average Bonchev–Trinajstić information content (AvgIpc) is 2.53. The average molecular weight is 332 g/mol. The van der Waals surface area contributed by atoms with Crippen LogP contribution in [0.1, 0.15) is 23.7 Å². The van der Waals surface area contributed by atoms with E-state index < -0.39 is 0 Å². The van der Waals surface area contributed by atoms with Crippen molar-refractivity contribution in [2.45, 2.75) is 13.3 Å². The Morgan fingerprint density at radius 1 is 1.22 bits per heavy atom. The van der Waals surface area contributed by atoms with E-state index in [1.807, 2.05) is 6.92 Å². The Hall–Kier alpha value is -2.47. The van der Waals surface area contributed by atoms with Gasteiger partial charge in [-0.15, -0.1) is 0 Å². The Balaban J connectivity index is 1.91. The summed E-state index contributed by atoms with van der Waals surface area (Å²) in [5.74, 6) is -0.0170. The molecule has 2 rings (SSSR count). The number of thiocarbonyl (C=S) groups is 1. The van der Waals surface area contributed by atoms with Gasteiger partial charge >= 0.3 is 0 Å². The molecule has 0 aliphatic rings. The molecular weight excluding hydrogens is 315 g/mol. The fraction of sp³-hybridized carbons (Fsp3) is 0.176. The molecule has 2 aromatic rings. The first-order valence-corrected chi connectivity index (χ1v) is 7.60. The van der Waals surface area contributed by atoms with Gasteiger partial charge in [0.15, 0.2) is 5.11 Å². The lowest BCUT2D eigenvalue weighted by Crippen LogP contribution is -2.34. The molecule has 0 radical (unpaired) electrons. The van der Waals surface area contributed by atoms with Gasteiger partial charge in [0.2, 0.25) is 0 Å². The smallest absolute Gasteiger partial charge is 0.257 e. The van der Waals surface area contributed by atoms with E-state index in [-0.39, 0.29) is 16.8 Å². The topological polar surface area (TPSA) is 50.4 Å². The third-order valence-electron chi connectivity index (χ3n) is 2.90. The summed E-state index contributed by atoms with van der Waals surface area (Å²) >= 11 is 5.05. The van der Waals surface area contributed by atoms with Crippen LogP contribution in [-0.2, 0) is 0 Å². The molecule has 0 saturated heterocycles. The molecule has 23 heavy (non-hydrogen) atoms. The van der Waals surface area contributed by atoms with E-state index in [0.717, 1.165) is 6.42 Å². The van der Waals surface area contributed by atoms with E-state index in [9.17, 15) is 9.18 Å². The van der Waals surface area contributed by atoms with Crippen molar-refractivity contribution in [1.82, 2.24) is 5.32 Å². The molecule has 1 amide bonds. The molecule has 6 heteroatoms. The minimum Gasteiger partial charge on any atom is -0.494 e. The molecule has 120 valence electrons. The summed E-state index contributed by atoms with van der Waals surface area (Å²) in [4.78, 5) is 12.1. The van der Waals surface area contributed by atoms with Gasteiger partial charge in [-0.25, -0.2) is 4.39 Å². The number of ether oxygens (including phenoxy) is 1. The molecule has 0 saturated carbocycles. The van der Waals surface area contributed by atoms with Gasteiger partial charge in [-0.05, 0) is 61.1 Å². The lowest BCUT2D eigenvalue weighted by atomic mass is 10.2. The standard InChI is InChI=1S/C17H17FN2O2S/c1-2-10-22-15-8-6-12(7-9-15)16(21)20-17(23)19-14-5-3-4-13(18)11-14/h3-9,11H,2,10H2,1H3,(H2,19,20,21,23). The Kier molecular flexibility index (Phi) is 6.05. The monoisotopic (exact) mass is 332 g/mol. The summed E-state index contributed by atoms with van der Waals surface area (Å²) < 4.78 is 18.5. The highest BCUT2D eigenvalue weighted by Crippen LogP contribution is 2.13. The van der Waals surface area contributed by atoms with Crippen molar-refractivity contribution in [2.24, 2.45) is 0 Å². The van der Waals surface area contributed by atoms with Gasteiger partial charge in [-0.3, -0.25) is 10.1 Å². The maximum absolute atomic E-state index is 13.1. The maximum atomic E-state index is 13.1. The Morgan fingerprint density at radius 3 is 2.61 bits per heavy atom. The highest BCUT2D eigenvalue weighted by atomic mass is 32.1. The lowest BCUT2D eigenvalue weighted by Gasteiger charge is -2.10. The van der Waals surface area contributed by atoms with Crippen LogP contribution in [0, 0.1) is 5.82 Å². The summed E-state index contributed by atoms with van der Waals surface area (Å²) in [6, 6.07) is 12.6. The van der Waals surface area contributed by atoms with Crippen LogP contribution < -0.4 is 15.4 Å². The van der Waals surface area contributed by atoms with E-state index in [1.165, 1.54) is 12.1 Å². The van der Waals surface area contributed by atoms with E-state index in [1.54, 1.807) is 36.4 Å². The van der Waals surface area contributed by atoms with Crippen LogP contribution in [0.3, 0.4) is 0 Å². The second kappa shape index (κ2) is 8.24. The largest absolute Gasteiger partial charge is 0.494 e. The molecule has 0 heterocycles. The zero-order valence-corrected chi connectivity index (χ0v) is 13.5. The van der Waals surface area contributed by atoms with Crippen molar-refractivity contribution in [3.63, 3.8) is 0 Å². The van der Waals surface area contributed by atoms with Gasteiger partial charge < -0.3 is 10.1 Å². The summed E-state index contributed by atoms with van der Waals surface area (Å²) in [6.07, 6.45) is 0.919. The summed E-state index contributed by atoms with van der Waals surface area (Å²) in [5.41, 5.74) is 0.927. The molecule has 0 spiro atoms. The van der Waals surface area contributed by atoms with Crippen LogP contribution >= 0.6 is 12.2 Å².